The van der Waals surface area contributed by atoms with E-state index in [1.54, 1.807) is 6.07 Å². The van der Waals surface area contributed by atoms with Crippen LogP contribution in [0.2, 0.25) is 0 Å². The first-order valence-corrected chi connectivity index (χ1v) is 9.47. The number of nitrogens with two attached hydrogens (primary N) is 1. The molecular formula is C22H26N4O. The van der Waals surface area contributed by atoms with Crippen molar-refractivity contribution in [1.29, 1.82) is 5.26 Å². The van der Waals surface area contributed by atoms with Gasteiger partial charge in [-0.3, -0.25) is 14.7 Å². The summed E-state index contributed by atoms with van der Waals surface area (Å²) in [6.45, 7) is 6.22. The Hall–Kier alpha value is -2.71. The van der Waals surface area contributed by atoms with Crippen molar-refractivity contribution in [2.75, 3.05) is 13.1 Å². The summed E-state index contributed by atoms with van der Waals surface area (Å²) < 4.78 is 0. The molecule has 5 heteroatoms. The van der Waals surface area contributed by atoms with Crippen LogP contribution in [0.15, 0.2) is 42.6 Å². The fourth-order valence-electron chi connectivity index (χ4n) is 3.85. The number of hydrogen-bond acceptors (Lipinski definition) is 4. The average Bonchev–Trinajstić information content (AvgIpc) is 2.68. The van der Waals surface area contributed by atoms with Gasteiger partial charge in [0, 0.05) is 18.7 Å². The maximum Gasteiger partial charge on any atom is 0.220 e. The molecule has 2 N–H and O–H groups in total. The maximum atomic E-state index is 11.8. The van der Waals surface area contributed by atoms with Crippen LogP contribution >= 0.6 is 0 Å². The smallest absolute Gasteiger partial charge is 0.220 e. The highest BCUT2D eigenvalue weighted by atomic mass is 16.1. The molecule has 2 unspecified atom stereocenters. The van der Waals surface area contributed by atoms with Crippen molar-refractivity contribution < 1.29 is 4.79 Å². The number of piperidine rings is 1. The van der Waals surface area contributed by atoms with Crippen LogP contribution in [0.4, 0.5) is 0 Å². The fraction of sp³-hybridized carbons (Fsp3) is 0.409. The monoisotopic (exact) mass is 362 g/mol. The zero-order valence-corrected chi connectivity index (χ0v) is 15.9. The fourth-order valence-corrected chi connectivity index (χ4v) is 3.85. The molecule has 1 aromatic carbocycles. The molecule has 1 aliphatic rings. The number of carbonyl (C=O) groups is 1. The summed E-state index contributed by atoms with van der Waals surface area (Å²) in [7, 11) is 0. The standard InChI is InChI=1S/C22H26N4O/c1-15(2)14-26-9-7-19(22(24)27)12-21(26)20-11-18(6-8-25-20)17-5-3-4-16(10-17)13-23/h3-6,8,10-11,15,19,21H,7,9,12,14H2,1-2H3,(H2,24,27). The molecule has 2 atom stereocenters. The van der Waals surface area contributed by atoms with Gasteiger partial charge in [-0.2, -0.15) is 5.26 Å². The third kappa shape index (κ3) is 4.53. The van der Waals surface area contributed by atoms with Gasteiger partial charge in [-0.25, -0.2) is 0 Å². The van der Waals surface area contributed by atoms with Gasteiger partial charge in [0.1, 0.15) is 0 Å². The van der Waals surface area contributed by atoms with Crippen LogP contribution in [-0.4, -0.2) is 28.9 Å². The predicted molar refractivity (Wildman–Crippen MR) is 105 cm³/mol. The topological polar surface area (TPSA) is 83.0 Å². The Kier molecular flexibility index (Phi) is 5.88. The van der Waals surface area contributed by atoms with Crippen molar-refractivity contribution >= 4 is 5.91 Å². The van der Waals surface area contributed by atoms with Crippen LogP contribution in [0, 0.1) is 23.2 Å². The first-order chi connectivity index (χ1) is 13.0. The molecule has 140 valence electrons. The summed E-state index contributed by atoms with van der Waals surface area (Å²) >= 11 is 0. The van der Waals surface area contributed by atoms with E-state index < -0.39 is 0 Å². The van der Waals surface area contributed by atoms with Gasteiger partial charge < -0.3 is 5.73 Å². The Morgan fingerprint density at radius 3 is 2.81 bits per heavy atom. The van der Waals surface area contributed by atoms with E-state index in [-0.39, 0.29) is 17.9 Å². The molecule has 1 saturated heterocycles. The van der Waals surface area contributed by atoms with Gasteiger partial charge in [0.05, 0.1) is 23.4 Å². The number of hydrogen-bond donors (Lipinski definition) is 1. The molecule has 0 aliphatic carbocycles. The highest BCUT2D eigenvalue weighted by Gasteiger charge is 2.33. The Morgan fingerprint density at radius 1 is 1.33 bits per heavy atom. The number of nitrogens with zero attached hydrogens (tertiary/aromatic N) is 3. The van der Waals surface area contributed by atoms with Crippen molar-refractivity contribution in [3.05, 3.63) is 53.9 Å². The van der Waals surface area contributed by atoms with Crippen molar-refractivity contribution in [3.8, 4) is 17.2 Å². The highest BCUT2D eigenvalue weighted by molar-refractivity contribution is 5.76. The van der Waals surface area contributed by atoms with Crippen LogP contribution in [0.3, 0.4) is 0 Å². The molecular weight excluding hydrogens is 336 g/mol. The normalized spacial score (nSPS) is 20.4. The van der Waals surface area contributed by atoms with Gasteiger partial charge in [-0.05, 0) is 60.7 Å². The summed E-state index contributed by atoms with van der Waals surface area (Å²) in [6.07, 6.45) is 3.32. The number of primary amides is 1. The van der Waals surface area contributed by atoms with E-state index >= 15 is 0 Å². The van der Waals surface area contributed by atoms with Crippen LogP contribution in [0.1, 0.15) is 44.0 Å². The zero-order valence-electron chi connectivity index (χ0n) is 15.9. The Morgan fingerprint density at radius 2 is 2.11 bits per heavy atom. The Labute approximate surface area is 160 Å². The zero-order chi connectivity index (χ0) is 19.4. The molecule has 2 aromatic rings. The minimum Gasteiger partial charge on any atom is -0.369 e. The summed E-state index contributed by atoms with van der Waals surface area (Å²) in [5.74, 6) is 0.209. The van der Waals surface area contributed by atoms with Crippen LogP contribution < -0.4 is 5.73 Å². The molecule has 1 aliphatic heterocycles. The SMILES string of the molecule is CC(C)CN1CCC(C(N)=O)CC1c1cc(-c2cccc(C#N)c2)ccn1. The van der Waals surface area contributed by atoms with Crippen LogP contribution in [-0.2, 0) is 4.79 Å². The van der Waals surface area contributed by atoms with Crippen molar-refractivity contribution in [2.45, 2.75) is 32.7 Å². The number of amides is 1. The minimum atomic E-state index is -0.220. The van der Waals surface area contributed by atoms with E-state index in [4.69, 9.17) is 11.0 Å². The number of pyridine rings is 1. The lowest BCUT2D eigenvalue weighted by Crippen LogP contribution is -2.42. The van der Waals surface area contributed by atoms with Gasteiger partial charge in [-0.15, -0.1) is 0 Å². The van der Waals surface area contributed by atoms with E-state index in [1.807, 2.05) is 30.5 Å². The molecule has 3 rings (SSSR count). The average molecular weight is 362 g/mol. The molecule has 5 nitrogen and oxygen atoms in total. The minimum absolute atomic E-state index is 0.0812. The molecule has 0 spiro atoms. The number of benzene rings is 1. The summed E-state index contributed by atoms with van der Waals surface area (Å²) in [5, 5.41) is 9.15. The van der Waals surface area contributed by atoms with Gasteiger partial charge in [0.25, 0.3) is 0 Å². The predicted octanol–water partition coefficient (Wildman–Crippen LogP) is 3.51. The highest BCUT2D eigenvalue weighted by Crippen LogP contribution is 2.35. The molecule has 0 bridgehead atoms. The van der Waals surface area contributed by atoms with Gasteiger partial charge in [-0.1, -0.05) is 26.0 Å². The molecule has 27 heavy (non-hydrogen) atoms. The van der Waals surface area contributed by atoms with Crippen molar-refractivity contribution in [2.24, 2.45) is 17.6 Å². The molecule has 1 aromatic heterocycles. The van der Waals surface area contributed by atoms with Gasteiger partial charge in [0.2, 0.25) is 5.91 Å². The van der Waals surface area contributed by atoms with E-state index in [9.17, 15) is 4.79 Å². The third-order valence-corrected chi connectivity index (χ3v) is 5.16. The van der Waals surface area contributed by atoms with E-state index in [0.29, 0.717) is 17.9 Å². The quantitative estimate of drug-likeness (QED) is 0.882. The van der Waals surface area contributed by atoms with Crippen LogP contribution in [0.5, 0.6) is 0 Å². The summed E-state index contributed by atoms with van der Waals surface area (Å²) in [6, 6.07) is 13.9. The number of carbonyl (C=O) groups excluding carboxylic acids is 1. The second-order valence-electron chi connectivity index (χ2n) is 7.69. The van der Waals surface area contributed by atoms with E-state index in [0.717, 1.165) is 36.3 Å². The second-order valence-corrected chi connectivity index (χ2v) is 7.69. The molecule has 0 radical (unpaired) electrons. The lowest BCUT2D eigenvalue weighted by atomic mass is 9.87. The molecule has 1 fully saturated rings. The lowest BCUT2D eigenvalue weighted by molar-refractivity contribution is -0.124. The summed E-state index contributed by atoms with van der Waals surface area (Å²) in [5.41, 5.74) is 9.22. The molecule has 0 saturated carbocycles. The number of aromatic nitrogens is 1. The van der Waals surface area contributed by atoms with E-state index in [2.05, 4.69) is 35.9 Å². The summed E-state index contributed by atoms with van der Waals surface area (Å²) in [4.78, 5) is 18.8. The first-order valence-electron chi connectivity index (χ1n) is 9.47. The number of nitriles is 1. The number of likely N-dealkylation sites (tertiary alicyclic amines) is 1. The van der Waals surface area contributed by atoms with Crippen LogP contribution in [0.25, 0.3) is 11.1 Å². The number of rotatable bonds is 5. The maximum absolute atomic E-state index is 11.8. The third-order valence-electron chi connectivity index (χ3n) is 5.16. The first kappa shape index (κ1) is 19.1. The van der Waals surface area contributed by atoms with Gasteiger partial charge >= 0.3 is 0 Å². The molecule has 1 amide bonds. The van der Waals surface area contributed by atoms with E-state index in [1.165, 1.54) is 0 Å². The van der Waals surface area contributed by atoms with Crippen molar-refractivity contribution in [1.82, 2.24) is 9.88 Å². The second kappa shape index (κ2) is 8.32. The Balaban J connectivity index is 1.94. The van der Waals surface area contributed by atoms with Crippen molar-refractivity contribution in [3.63, 3.8) is 0 Å². The van der Waals surface area contributed by atoms with Gasteiger partial charge in [0.15, 0.2) is 0 Å². The lowest BCUT2D eigenvalue weighted by Gasteiger charge is -2.39. The largest absolute Gasteiger partial charge is 0.369 e. The Bertz CT molecular complexity index is 855. The molecule has 2 heterocycles.